The first-order valence-corrected chi connectivity index (χ1v) is 13.8. The maximum Gasteiger partial charge on any atom is 0.231 e. The molecule has 2 unspecified atom stereocenters. The van der Waals surface area contributed by atoms with Crippen molar-refractivity contribution in [3.05, 3.63) is 65.5 Å². The predicted molar refractivity (Wildman–Crippen MR) is 149 cm³/mol. The Kier molecular flexibility index (Phi) is 8.95. The van der Waals surface area contributed by atoms with Crippen LogP contribution in [0.25, 0.3) is 0 Å². The molecule has 3 atom stereocenters. The molecule has 2 amide bonds. The van der Waals surface area contributed by atoms with E-state index in [1.165, 1.54) is 12.1 Å². The van der Waals surface area contributed by atoms with Gasteiger partial charge < -0.3 is 25.0 Å². The number of benzene rings is 2. The van der Waals surface area contributed by atoms with Gasteiger partial charge in [-0.05, 0) is 62.1 Å². The van der Waals surface area contributed by atoms with Gasteiger partial charge in [0.25, 0.3) is 0 Å². The molecule has 216 valence electrons. The van der Waals surface area contributed by atoms with E-state index in [4.69, 9.17) is 15.2 Å². The van der Waals surface area contributed by atoms with Crippen molar-refractivity contribution in [2.45, 2.75) is 51.2 Å². The largest absolute Gasteiger partial charge is 0.497 e. The number of rotatable bonds is 10. The van der Waals surface area contributed by atoms with Crippen LogP contribution in [-0.4, -0.2) is 73.3 Å². The highest BCUT2D eigenvalue weighted by Gasteiger charge is 2.55. The van der Waals surface area contributed by atoms with Crippen molar-refractivity contribution < 1.29 is 28.2 Å². The predicted octanol–water partition coefficient (Wildman–Crippen LogP) is 3.53. The molecule has 2 heterocycles. The summed E-state index contributed by atoms with van der Waals surface area (Å²) in [4.78, 5) is 43.9. The van der Waals surface area contributed by atoms with Gasteiger partial charge in [-0.15, -0.1) is 0 Å². The van der Waals surface area contributed by atoms with Crippen LogP contribution in [0.15, 0.2) is 48.5 Å². The molecule has 2 aliphatic heterocycles. The number of ketones is 1. The van der Waals surface area contributed by atoms with E-state index in [1.54, 1.807) is 49.9 Å². The third-order valence-electron chi connectivity index (χ3n) is 8.25. The first-order chi connectivity index (χ1) is 18.9. The number of hydrogen-bond acceptors (Lipinski definition) is 6. The molecule has 9 heteroatoms. The van der Waals surface area contributed by atoms with Crippen LogP contribution >= 0.6 is 0 Å². The van der Waals surface area contributed by atoms with Gasteiger partial charge in [-0.2, -0.15) is 0 Å². The lowest BCUT2D eigenvalue weighted by molar-refractivity contribution is -0.148. The molecule has 0 radical (unpaired) electrons. The molecule has 1 spiro atoms. The highest BCUT2D eigenvalue weighted by Crippen LogP contribution is 2.49. The van der Waals surface area contributed by atoms with Gasteiger partial charge in [-0.3, -0.25) is 14.4 Å². The Morgan fingerprint density at radius 2 is 1.82 bits per heavy atom. The zero-order valence-corrected chi connectivity index (χ0v) is 23.8. The average molecular weight is 554 g/mol. The molecule has 2 aliphatic rings. The minimum Gasteiger partial charge on any atom is -0.497 e. The van der Waals surface area contributed by atoms with E-state index in [9.17, 15) is 18.8 Å². The molecule has 2 aromatic rings. The van der Waals surface area contributed by atoms with Crippen molar-refractivity contribution in [1.82, 2.24) is 9.80 Å². The maximum absolute atomic E-state index is 14.0. The van der Waals surface area contributed by atoms with Gasteiger partial charge in [0.15, 0.2) is 5.78 Å². The molecule has 2 fully saturated rings. The van der Waals surface area contributed by atoms with Gasteiger partial charge in [0.1, 0.15) is 11.6 Å². The number of methoxy groups -OCH3 is 1. The summed E-state index contributed by atoms with van der Waals surface area (Å²) in [7, 11) is 3.37. The smallest absolute Gasteiger partial charge is 0.231 e. The van der Waals surface area contributed by atoms with E-state index >= 15 is 0 Å². The van der Waals surface area contributed by atoms with E-state index in [1.807, 2.05) is 24.3 Å². The topological polar surface area (TPSA) is 102 Å². The summed E-state index contributed by atoms with van der Waals surface area (Å²) in [6, 6.07) is 13.7. The Morgan fingerprint density at radius 1 is 1.15 bits per heavy atom. The second-order valence-corrected chi connectivity index (χ2v) is 11.7. The summed E-state index contributed by atoms with van der Waals surface area (Å²) in [5, 5.41) is 0. The van der Waals surface area contributed by atoms with E-state index in [-0.39, 0.29) is 55.5 Å². The van der Waals surface area contributed by atoms with Crippen molar-refractivity contribution in [2.24, 2.45) is 17.1 Å². The number of halogens is 1. The van der Waals surface area contributed by atoms with Crippen LogP contribution < -0.4 is 10.5 Å². The second-order valence-electron chi connectivity index (χ2n) is 11.7. The molecule has 4 rings (SSSR count). The highest BCUT2D eigenvalue weighted by atomic mass is 19.1. The normalized spacial score (nSPS) is 22.1. The van der Waals surface area contributed by atoms with Crippen LogP contribution in [0, 0.1) is 17.2 Å². The molecule has 0 saturated carbocycles. The Morgan fingerprint density at radius 3 is 2.45 bits per heavy atom. The Labute approximate surface area is 235 Å². The number of amides is 2. The molecule has 2 saturated heterocycles. The van der Waals surface area contributed by atoms with E-state index in [2.05, 4.69) is 0 Å². The Balaban J connectivity index is 1.53. The molecule has 40 heavy (non-hydrogen) atoms. The van der Waals surface area contributed by atoms with Gasteiger partial charge in [0, 0.05) is 39.0 Å². The molecular weight excluding hydrogens is 513 g/mol. The van der Waals surface area contributed by atoms with Crippen molar-refractivity contribution in [2.75, 3.05) is 40.4 Å². The fraction of sp³-hybridized carbons (Fsp3) is 0.516. The van der Waals surface area contributed by atoms with Crippen molar-refractivity contribution in [3.63, 3.8) is 0 Å². The molecular formula is C31H40FN3O5. The Hall–Kier alpha value is -3.30. The van der Waals surface area contributed by atoms with Crippen LogP contribution in [0.2, 0.25) is 0 Å². The molecule has 0 aromatic heterocycles. The first-order valence-electron chi connectivity index (χ1n) is 13.8. The summed E-state index contributed by atoms with van der Waals surface area (Å²) in [5.74, 6) is -0.958. The quantitative estimate of drug-likeness (QED) is 0.483. The first kappa shape index (κ1) is 29.7. The van der Waals surface area contributed by atoms with E-state index in [0.29, 0.717) is 25.9 Å². The summed E-state index contributed by atoms with van der Waals surface area (Å²) in [6.07, 6.45) is 1.23. The van der Waals surface area contributed by atoms with Crippen LogP contribution in [0.5, 0.6) is 5.75 Å². The summed E-state index contributed by atoms with van der Waals surface area (Å²) >= 11 is 0. The van der Waals surface area contributed by atoms with Gasteiger partial charge in [0.05, 0.1) is 37.2 Å². The number of nitrogens with two attached hydrogens (primary N) is 1. The third-order valence-corrected chi connectivity index (χ3v) is 8.25. The zero-order valence-electron chi connectivity index (χ0n) is 23.8. The number of nitrogens with zero attached hydrogens (tertiary/aromatic N) is 2. The lowest BCUT2D eigenvalue weighted by Crippen LogP contribution is -2.53. The highest BCUT2D eigenvalue weighted by molar-refractivity contribution is 5.92. The van der Waals surface area contributed by atoms with Gasteiger partial charge >= 0.3 is 0 Å². The molecule has 2 aromatic carbocycles. The van der Waals surface area contributed by atoms with Crippen LogP contribution in [0.3, 0.4) is 0 Å². The van der Waals surface area contributed by atoms with Crippen molar-refractivity contribution >= 4 is 17.6 Å². The standard InChI is InChI=1S/C31H40FN3O5/c1-30(2,33)27(36)16-23(19-40-18-21-6-12-25(39-4)13-7-21)28(37)35-15-5-14-31(20-35)26(17-34(3)29(31)38)22-8-10-24(32)11-9-22/h6-13,23,26H,5,14-20,33H2,1-4H3/t23-,26?,31?/m1/s1. The minimum atomic E-state index is -1.09. The zero-order chi connectivity index (χ0) is 29.1. The number of ether oxygens (including phenoxy) is 2. The molecule has 0 aliphatic carbocycles. The lowest BCUT2D eigenvalue weighted by atomic mass is 9.69. The van der Waals surface area contributed by atoms with Crippen LogP contribution in [-0.2, 0) is 25.7 Å². The summed E-state index contributed by atoms with van der Waals surface area (Å²) < 4.78 is 24.8. The summed E-state index contributed by atoms with van der Waals surface area (Å²) in [5.41, 5.74) is 5.98. The number of piperidine rings is 1. The van der Waals surface area contributed by atoms with Crippen molar-refractivity contribution in [1.29, 1.82) is 0 Å². The van der Waals surface area contributed by atoms with Gasteiger partial charge in [-0.25, -0.2) is 4.39 Å². The second kappa shape index (κ2) is 12.1. The van der Waals surface area contributed by atoms with E-state index in [0.717, 1.165) is 16.9 Å². The number of carbonyl (C=O) groups excluding carboxylic acids is 3. The molecule has 8 nitrogen and oxygen atoms in total. The van der Waals surface area contributed by atoms with Crippen molar-refractivity contribution in [3.8, 4) is 5.75 Å². The minimum absolute atomic E-state index is 0.00852. The third kappa shape index (κ3) is 6.36. The molecule has 0 bridgehead atoms. The van der Waals surface area contributed by atoms with Crippen LogP contribution in [0.4, 0.5) is 4.39 Å². The Bertz CT molecular complexity index is 1210. The van der Waals surface area contributed by atoms with Gasteiger partial charge in [-0.1, -0.05) is 24.3 Å². The maximum atomic E-state index is 14.0. The summed E-state index contributed by atoms with van der Waals surface area (Å²) in [6.45, 7) is 4.81. The number of likely N-dealkylation sites (N-methyl/N-ethyl adjacent to an activating group) is 1. The average Bonchev–Trinajstić information content (AvgIpc) is 3.17. The number of likely N-dealkylation sites (tertiary alicyclic amines) is 2. The lowest BCUT2D eigenvalue weighted by Gasteiger charge is -2.43. The number of carbonyl (C=O) groups is 3. The monoisotopic (exact) mass is 553 g/mol. The van der Waals surface area contributed by atoms with Crippen LogP contribution in [0.1, 0.15) is 50.2 Å². The fourth-order valence-electron chi connectivity index (χ4n) is 5.91. The number of hydrogen-bond donors (Lipinski definition) is 1. The van der Waals surface area contributed by atoms with Gasteiger partial charge in [0.2, 0.25) is 11.8 Å². The number of Topliss-reactive ketones (excluding diaryl/α,β-unsaturated/α-hetero) is 1. The van der Waals surface area contributed by atoms with E-state index < -0.39 is 16.9 Å². The molecule has 2 N–H and O–H groups in total. The SMILES string of the molecule is COc1ccc(COC[C@@H](CC(=O)C(C)(C)N)C(=O)N2CCCC3(C2)C(=O)N(C)CC3c2ccc(F)cc2)cc1. The fourth-order valence-corrected chi connectivity index (χ4v) is 5.91.